The van der Waals surface area contributed by atoms with E-state index in [1.165, 1.54) is 11.8 Å². The number of hydrogen-bond acceptors (Lipinski definition) is 6. The van der Waals surface area contributed by atoms with Gasteiger partial charge in [-0.3, -0.25) is 9.59 Å². The Morgan fingerprint density at radius 2 is 1.90 bits per heavy atom. The molecule has 1 aromatic heterocycles. The number of carbonyl (C=O) groups is 2. The third-order valence-corrected chi connectivity index (χ3v) is 5.35. The van der Waals surface area contributed by atoms with E-state index in [1.54, 1.807) is 49.1 Å². The maximum Gasteiger partial charge on any atom is 0.251 e. The zero-order chi connectivity index (χ0) is 21.5. The van der Waals surface area contributed by atoms with E-state index >= 15 is 0 Å². The number of benzene rings is 2. The Balaban J connectivity index is 1.51. The number of nitrogens with one attached hydrogen (secondary N) is 2. The second-order valence-corrected chi connectivity index (χ2v) is 7.52. The average molecular weight is 426 g/mol. The molecule has 2 aromatic carbocycles. The lowest BCUT2D eigenvalue weighted by Gasteiger charge is -2.07. The molecular weight excluding hydrogens is 402 g/mol. The number of aromatic nitrogens is 3. The third kappa shape index (κ3) is 5.60. The van der Waals surface area contributed by atoms with Gasteiger partial charge in [0.25, 0.3) is 5.91 Å². The van der Waals surface area contributed by atoms with Crippen LogP contribution < -0.4 is 15.4 Å². The Morgan fingerprint density at radius 1 is 1.13 bits per heavy atom. The fraction of sp³-hybridized carbons (Fsp3) is 0.238. The fourth-order valence-corrected chi connectivity index (χ4v) is 3.35. The molecule has 0 aliphatic heterocycles. The summed E-state index contributed by atoms with van der Waals surface area (Å²) in [4.78, 5) is 24.5. The van der Waals surface area contributed by atoms with E-state index in [-0.39, 0.29) is 24.1 Å². The lowest BCUT2D eigenvalue weighted by Crippen LogP contribution is -2.24. The standard InChI is InChI=1S/C21H23N5O3S/c1-14-7-9-15(10-8-14)20(28)22-12-18-24-25-21(26(18)2)30-13-19(27)23-16-5-4-6-17(11-16)29-3/h4-11H,12-13H2,1-3H3,(H,22,28)(H,23,27). The van der Waals surface area contributed by atoms with E-state index in [9.17, 15) is 9.59 Å². The molecule has 2 amide bonds. The molecule has 8 nitrogen and oxygen atoms in total. The molecule has 156 valence electrons. The van der Waals surface area contributed by atoms with Gasteiger partial charge >= 0.3 is 0 Å². The molecular formula is C21H23N5O3S. The van der Waals surface area contributed by atoms with E-state index in [0.717, 1.165) is 5.56 Å². The summed E-state index contributed by atoms with van der Waals surface area (Å²) in [6.45, 7) is 2.21. The molecule has 0 aliphatic rings. The molecule has 0 bridgehead atoms. The van der Waals surface area contributed by atoms with Crippen molar-refractivity contribution in [2.45, 2.75) is 18.6 Å². The van der Waals surface area contributed by atoms with Gasteiger partial charge in [-0.05, 0) is 31.2 Å². The highest BCUT2D eigenvalue weighted by Crippen LogP contribution is 2.19. The van der Waals surface area contributed by atoms with Crippen molar-refractivity contribution >= 4 is 29.3 Å². The molecule has 0 radical (unpaired) electrons. The molecule has 0 unspecified atom stereocenters. The minimum absolute atomic E-state index is 0.162. The summed E-state index contributed by atoms with van der Waals surface area (Å²) >= 11 is 1.27. The zero-order valence-electron chi connectivity index (χ0n) is 17.0. The summed E-state index contributed by atoms with van der Waals surface area (Å²) in [7, 11) is 3.38. The topological polar surface area (TPSA) is 98.1 Å². The maximum absolute atomic E-state index is 12.2. The van der Waals surface area contributed by atoms with Gasteiger partial charge in [0.15, 0.2) is 11.0 Å². The summed E-state index contributed by atoms with van der Waals surface area (Å²) in [6, 6.07) is 14.5. The second-order valence-electron chi connectivity index (χ2n) is 6.58. The maximum atomic E-state index is 12.2. The normalized spacial score (nSPS) is 10.5. The van der Waals surface area contributed by atoms with Crippen LogP contribution in [0.3, 0.4) is 0 Å². The smallest absolute Gasteiger partial charge is 0.251 e. The van der Waals surface area contributed by atoms with Gasteiger partial charge in [-0.2, -0.15) is 0 Å². The molecule has 0 aliphatic carbocycles. The molecule has 1 heterocycles. The van der Waals surface area contributed by atoms with Crippen LogP contribution >= 0.6 is 11.8 Å². The van der Waals surface area contributed by atoms with Crippen LogP contribution in [-0.2, 0) is 18.4 Å². The van der Waals surface area contributed by atoms with Crippen molar-refractivity contribution in [2.75, 3.05) is 18.2 Å². The summed E-state index contributed by atoms with van der Waals surface area (Å²) in [6.07, 6.45) is 0. The first-order valence-electron chi connectivity index (χ1n) is 9.26. The predicted octanol–water partition coefficient (Wildman–Crippen LogP) is 2.79. The second kappa shape index (κ2) is 9.93. The molecule has 3 aromatic rings. The first-order chi connectivity index (χ1) is 14.5. The van der Waals surface area contributed by atoms with Gasteiger partial charge in [0.05, 0.1) is 19.4 Å². The minimum atomic E-state index is -0.176. The number of hydrogen-bond donors (Lipinski definition) is 2. The largest absolute Gasteiger partial charge is 0.497 e. The van der Waals surface area contributed by atoms with Gasteiger partial charge in [-0.1, -0.05) is 35.5 Å². The van der Waals surface area contributed by atoms with Gasteiger partial charge in [0.2, 0.25) is 5.91 Å². The molecule has 9 heteroatoms. The summed E-state index contributed by atoms with van der Waals surface area (Å²) in [5, 5.41) is 14.5. The number of aryl methyl sites for hydroxylation is 1. The van der Waals surface area contributed by atoms with Gasteiger partial charge in [0, 0.05) is 24.4 Å². The van der Waals surface area contributed by atoms with Crippen LogP contribution in [0.4, 0.5) is 5.69 Å². The Kier molecular flexibility index (Phi) is 7.08. The minimum Gasteiger partial charge on any atom is -0.497 e. The highest BCUT2D eigenvalue weighted by molar-refractivity contribution is 7.99. The van der Waals surface area contributed by atoms with Gasteiger partial charge < -0.3 is 19.9 Å². The number of ether oxygens (including phenoxy) is 1. The summed E-state index contributed by atoms with van der Waals surface area (Å²) < 4.78 is 6.91. The number of rotatable bonds is 8. The molecule has 0 atom stereocenters. The summed E-state index contributed by atoms with van der Waals surface area (Å²) in [5.74, 6) is 1.12. The first-order valence-corrected chi connectivity index (χ1v) is 10.2. The Morgan fingerprint density at radius 3 is 2.63 bits per heavy atom. The number of methoxy groups -OCH3 is 1. The van der Waals surface area contributed by atoms with Crippen molar-refractivity contribution in [1.82, 2.24) is 20.1 Å². The van der Waals surface area contributed by atoms with Crippen molar-refractivity contribution in [1.29, 1.82) is 0 Å². The SMILES string of the molecule is COc1cccc(NC(=O)CSc2nnc(CNC(=O)c3ccc(C)cc3)n2C)c1. The van der Waals surface area contributed by atoms with Crippen LogP contribution in [0.25, 0.3) is 0 Å². The van der Waals surface area contributed by atoms with Crippen LogP contribution in [0.2, 0.25) is 0 Å². The van der Waals surface area contributed by atoms with Crippen molar-refractivity contribution < 1.29 is 14.3 Å². The lowest BCUT2D eigenvalue weighted by molar-refractivity contribution is -0.113. The van der Waals surface area contributed by atoms with E-state index in [0.29, 0.717) is 28.0 Å². The lowest BCUT2D eigenvalue weighted by atomic mass is 10.1. The van der Waals surface area contributed by atoms with Crippen molar-refractivity contribution in [2.24, 2.45) is 7.05 Å². The van der Waals surface area contributed by atoms with Crippen LogP contribution in [0.1, 0.15) is 21.7 Å². The van der Waals surface area contributed by atoms with Crippen molar-refractivity contribution in [3.63, 3.8) is 0 Å². The number of nitrogens with zero attached hydrogens (tertiary/aromatic N) is 3. The summed E-state index contributed by atoms with van der Waals surface area (Å²) in [5.41, 5.74) is 2.35. The molecule has 3 rings (SSSR count). The molecule has 2 N–H and O–H groups in total. The Bertz CT molecular complexity index is 1030. The van der Waals surface area contributed by atoms with E-state index in [4.69, 9.17) is 4.74 Å². The van der Waals surface area contributed by atoms with Crippen LogP contribution in [0.15, 0.2) is 53.7 Å². The number of carbonyl (C=O) groups excluding carboxylic acids is 2. The number of amides is 2. The molecule has 0 saturated heterocycles. The average Bonchev–Trinajstić information content (AvgIpc) is 3.10. The highest BCUT2D eigenvalue weighted by Gasteiger charge is 2.13. The van der Waals surface area contributed by atoms with Gasteiger partial charge in [0.1, 0.15) is 5.75 Å². The monoisotopic (exact) mass is 425 g/mol. The van der Waals surface area contributed by atoms with E-state index < -0.39 is 0 Å². The van der Waals surface area contributed by atoms with Crippen molar-refractivity contribution in [3.05, 3.63) is 65.5 Å². The highest BCUT2D eigenvalue weighted by atomic mass is 32.2. The quantitative estimate of drug-likeness (QED) is 0.539. The molecule has 0 fully saturated rings. The van der Waals surface area contributed by atoms with Gasteiger partial charge in [-0.25, -0.2) is 0 Å². The van der Waals surface area contributed by atoms with E-state index in [1.807, 2.05) is 25.1 Å². The van der Waals surface area contributed by atoms with E-state index in [2.05, 4.69) is 20.8 Å². The predicted molar refractivity (Wildman–Crippen MR) is 116 cm³/mol. The molecule has 30 heavy (non-hydrogen) atoms. The van der Waals surface area contributed by atoms with Crippen LogP contribution in [0, 0.1) is 6.92 Å². The molecule has 0 saturated carbocycles. The molecule has 0 spiro atoms. The van der Waals surface area contributed by atoms with Crippen molar-refractivity contribution in [3.8, 4) is 5.75 Å². The fourth-order valence-electron chi connectivity index (χ4n) is 2.62. The van der Waals surface area contributed by atoms with Gasteiger partial charge in [-0.15, -0.1) is 10.2 Å². The van der Waals surface area contributed by atoms with Crippen LogP contribution in [0.5, 0.6) is 5.75 Å². The third-order valence-electron chi connectivity index (χ3n) is 4.33. The Labute approximate surface area is 179 Å². The Hall–Kier alpha value is -3.33. The van der Waals surface area contributed by atoms with Crippen LogP contribution in [-0.4, -0.2) is 39.4 Å². The first kappa shape index (κ1) is 21.4. The number of anilines is 1. The number of thioether (sulfide) groups is 1. The zero-order valence-corrected chi connectivity index (χ0v) is 17.8.